The molecule has 0 aliphatic rings. The molecule has 0 heterocycles. The van der Waals surface area contributed by atoms with E-state index in [9.17, 15) is 0 Å². The van der Waals surface area contributed by atoms with E-state index in [4.69, 9.17) is 0 Å². The second kappa shape index (κ2) is 9.93. The smallest absolute Gasteiger partial charge is 0 e. The third-order valence-corrected chi connectivity index (χ3v) is 7.05. The van der Waals surface area contributed by atoms with E-state index in [1.165, 1.54) is 27.0 Å². The van der Waals surface area contributed by atoms with Gasteiger partial charge >= 0.3 is 0 Å². The standard InChI is InChI=1S/C25H21P.Sc/c1-4-12-21(13-5-1)20-22-14-10-11-19-25(22)26(23-15-6-2-7-16-23)24-17-8-3-9-18-24;/h1-19H,20H2;. The predicted molar refractivity (Wildman–Crippen MR) is 114 cm³/mol. The van der Waals surface area contributed by atoms with Crippen molar-refractivity contribution < 1.29 is 25.8 Å². The molecule has 0 spiro atoms. The minimum atomic E-state index is -0.563. The van der Waals surface area contributed by atoms with Crippen molar-refractivity contribution in [3.05, 3.63) is 126 Å². The Hall–Kier alpha value is -1.82. The summed E-state index contributed by atoms with van der Waals surface area (Å²) >= 11 is 0. The zero-order valence-corrected chi connectivity index (χ0v) is 17.9. The van der Waals surface area contributed by atoms with Crippen LogP contribution >= 0.6 is 7.92 Å². The summed E-state index contributed by atoms with van der Waals surface area (Å²) in [7, 11) is -0.563. The van der Waals surface area contributed by atoms with Crippen LogP contribution in [-0.2, 0) is 32.3 Å². The van der Waals surface area contributed by atoms with Crippen molar-refractivity contribution in [2.45, 2.75) is 6.42 Å². The van der Waals surface area contributed by atoms with Gasteiger partial charge in [0.15, 0.2) is 0 Å². The van der Waals surface area contributed by atoms with Crippen LogP contribution in [0, 0.1) is 0 Å². The topological polar surface area (TPSA) is 0 Å². The number of rotatable bonds is 5. The maximum Gasteiger partial charge on any atom is 0 e. The van der Waals surface area contributed by atoms with Crippen LogP contribution in [0.5, 0.6) is 0 Å². The van der Waals surface area contributed by atoms with Crippen molar-refractivity contribution in [1.29, 1.82) is 0 Å². The SMILES string of the molecule is [Sc].c1ccc(Cc2ccccc2P(c2ccccc2)c2ccccc2)cc1. The molecule has 0 aromatic heterocycles. The molecule has 0 atom stereocenters. The van der Waals surface area contributed by atoms with Crippen molar-refractivity contribution in [2.75, 3.05) is 0 Å². The second-order valence-electron chi connectivity index (χ2n) is 6.30. The van der Waals surface area contributed by atoms with Crippen molar-refractivity contribution >= 4 is 23.8 Å². The van der Waals surface area contributed by atoms with Crippen molar-refractivity contribution in [3.8, 4) is 0 Å². The Morgan fingerprint density at radius 2 is 0.926 bits per heavy atom. The Bertz CT molecular complexity index is 913. The Labute approximate surface area is 181 Å². The Morgan fingerprint density at radius 3 is 1.48 bits per heavy atom. The molecular formula is C25H21PSc. The molecule has 0 saturated heterocycles. The molecule has 0 bridgehead atoms. The van der Waals surface area contributed by atoms with E-state index in [1.54, 1.807) is 0 Å². The van der Waals surface area contributed by atoms with E-state index in [1.807, 2.05) is 0 Å². The predicted octanol–water partition coefficient (Wildman–Crippen LogP) is 5.03. The first-order chi connectivity index (χ1) is 12.9. The van der Waals surface area contributed by atoms with E-state index in [0.717, 1.165) is 6.42 Å². The maximum absolute atomic E-state index is 2.31. The Morgan fingerprint density at radius 1 is 0.481 bits per heavy atom. The van der Waals surface area contributed by atoms with Gasteiger partial charge in [-0.1, -0.05) is 115 Å². The van der Waals surface area contributed by atoms with Crippen LogP contribution < -0.4 is 15.9 Å². The van der Waals surface area contributed by atoms with E-state index in [-0.39, 0.29) is 25.8 Å². The molecule has 27 heavy (non-hydrogen) atoms. The third kappa shape index (κ3) is 4.92. The third-order valence-electron chi connectivity index (χ3n) is 4.50. The molecule has 0 amide bonds. The Balaban J connectivity index is 0.00000210. The van der Waals surface area contributed by atoms with Crippen LogP contribution in [0.25, 0.3) is 0 Å². The van der Waals surface area contributed by atoms with Crippen LogP contribution in [0.2, 0.25) is 0 Å². The molecule has 0 saturated carbocycles. The molecular weight excluding hydrogens is 376 g/mol. The van der Waals surface area contributed by atoms with Crippen LogP contribution in [0.4, 0.5) is 0 Å². The quantitative estimate of drug-likeness (QED) is 0.414. The molecule has 4 rings (SSSR count). The minimum Gasteiger partial charge on any atom is -0.0622 e. The average molecular weight is 397 g/mol. The average Bonchev–Trinajstić information content (AvgIpc) is 2.72. The zero-order valence-electron chi connectivity index (χ0n) is 15.2. The van der Waals surface area contributed by atoms with E-state index in [2.05, 4.69) is 115 Å². The first-order valence-electron chi connectivity index (χ1n) is 8.94. The molecule has 0 aliphatic heterocycles. The molecule has 1 radical (unpaired) electrons. The van der Waals surface area contributed by atoms with E-state index < -0.39 is 7.92 Å². The molecule has 0 unspecified atom stereocenters. The fourth-order valence-corrected chi connectivity index (χ4v) is 5.75. The second-order valence-corrected chi connectivity index (χ2v) is 8.48. The molecule has 0 N–H and O–H groups in total. The molecule has 2 heteroatoms. The molecule has 0 aliphatic carbocycles. The Kier molecular flexibility index (Phi) is 7.33. The molecule has 0 nitrogen and oxygen atoms in total. The van der Waals surface area contributed by atoms with Crippen LogP contribution in [0.3, 0.4) is 0 Å². The largest absolute Gasteiger partial charge is 0.0622 e. The first kappa shape index (κ1) is 19.9. The summed E-state index contributed by atoms with van der Waals surface area (Å²) in [5.74, 6) is 0. The summed E-state index contributed by atoms with van der Waals surface area (Å²) in [6, 6.07) is 41.5. The van der Waals surface area contributed by atoms with E-state index >= 15 is 0 Å². The fourth-order valence-electron chi connectivity index (χ4n) is 3.28. The molecule has 129 valence electrons. The number of hydrogen-bond donors (Lipinski definition) is 0. The van der Waals surface area contributed by atoms with Gasteiger partial charge in [-0.3, -0.25) is 0 Å². The number of benzene rings is 4. The van der Waals surface area contributed by atoms with Gasteiger partial charge in [0, 0.05) is 25.8 Å². The van der Waals surface area contributed by atoms with Crippen LogP contribution in [0.1, 0.15) is 11.1 Å². The summed E-state index contributed by atoms with van der Waals surface area (Å²) in [5.41, 5.74) is 2.77. The summed E-state index contributed by atoms with van der Waals surface area (Å²) in [4.78, 5) is 0. The van der Waals surface area contributed by atoms with Gasteiger partial charge in [0.25, 0.3) is 0 Å². The molecule has 4 aromatic rings. The first-order valence-corrected chi connectivity index (χ1v) is 10.3. The van der Waals surface area contributed by atoms with Crippen molar-refractivity contribution in [2.24, 2.45) is 0 Å². The number of hydrogen-bond acceptors (Lipinski definition) is 0. The summed E-state index contributed by atoms with van der Waals surface area (Å²) < 4.78 is 0. The van der Waals surface area contributed by atoms with Crippen LogP contribution in [-0.4, -0.2) is 0 Å². The normalized spacial score (nSPS) is 10.4. The van der Waals surface area contributed by atoms with Gasteiger partial charge in [0.1, 0.15) is 0 Å². The maximum atomic E-state index is 2.31. The summed E-state index contributed by atoms with van der Waals surface area (Å²) in [5, 5.41) is 4.24. The zero-order chi connectivity index (χ0) is 17.6. The van der Waals surface area contributed by atoms with Crippen LogP contribution in [0.15, 0.2) is 115 Å². The van der Waals surface area contributed by atoms with E-state index in [0.29, 0.717) is 0 Å². The molecule has 4 aromatic carbocycles. The van der Waals surface area contributed by atoms with Gasteiger partial charge < -0.3 is 0 Å². The van der Waals surface area contributed by atoms with Gasteiger partial charge in [-0.2, -0.15) is 0 Å². The van der Waals surface area contributed by atoms with Crippen molar-refractivity contribution in [1.82, 2.24) is 0 Å². The molecule has 0 fully saturated rings. The van der Waals surface area contributed by atoms with Crippen molar-refractivity contribution in [3.63, 3.8) is 0 Å². The minimum absolute atomic E-state index is 0. The summed E-state index contributed by atoms with van der Waals surface area (Å²) in [6.45, 7) is 0. The van der Waals surface area contributed by atoms with Gasteiger partial charge in [0.05, 0.1) is 0 Å². The summed E-state index contributed by atoms with van der Waals surface area (Å²) in [6.07, 6.45) is 0.968. The van der Waals surface area contributed by atoms with Gasteiger partial charge in [-0.05, 0) is 41.4 Å². The van der Waals surface area contributed by atoms with Gasteiger partial charge in [-0.15, -0.1) is 0 Å². The van der Waals surface area contributed by atoms with Gasteiger partial charge in [-0.25, -0.2) is 0 Å². The fraction of sp³-hybridized carbons (Fsp3) is 0.0400. The monoisotopic (exact) mass is 397 g/mol. The van der Waals surface area contributed by atoms with Gasteiger partial charge in [0.2, 0.25) is 0 Å².